The summed E-state index contributed by atoms with van der Waals surface area (Å²) in [7, 11) is 1.83. The first-order valence-electron chi connectivity index (χ1n) is 7.53. The molecule has 2 heteroatoms. The molecule has 0 aliphatic carbocycles. The van der Waals surface area contributed by atoms with Crippen LogP contribution in [0.1, 0.15) is 44.2 Å². The molecule has 1 N–H and O–H groups in total. The van der Waals surface area contributed by atoms with Gasteiger partial charge in [0.1, 0.15) is 0 Å². The minimum Gasteiger partial charge on any atom is -0.380 e. The van der Waals surface area contributed by atoms with Crippen molar-refractivity contribution in [2.45, 2.75) is 58.6 Å². The lowest BCUT2D eigenvalue weighted by molar-refractivity contribution is 0.0609. The zero-order chi connectivity index (χ0) is 14.1. The second-order valence-electron chi connectivity index (χ2n) is 5.32. The summed E-state index contributed by atoms with van der Waals surface area (Å²) in [5.74, 6) is 0. The standard InChI is InChI=1S/C17H29NO/c1-5-8-17(19-4)16(18-11-6-2)13-15-10-7-9-14(3)12-15/h7,9-10,12,16-18H,5-6,8,11,13H2,1-4H3. The molecule has 0 saturated carbocycles. The van der Waals surface area contributed by atoms with E-state index < -0.39 is 0 Å². The smallest absolute Gasteiger partial charge is 0.0727 e. The number of aryl methyl sites for hydroxylation is 1. The molecular formula is C17H29NO. The Balaban J connectivity index is 2.72. The summed E-state index contributed by atoms with van der Waals surface area (Å²) in [6, 6.07) is 9.19. The zero-order valence-electron chi connectivity index (χ0n) is 12.9. The highest BCUT2D eigenvalue weighted by atomic mass is 16.5. The summed E-state index contributed by atoms with van der Waals surface area (Å²) in [5.41, 5.74) is 2.72. The quantitative estimate of drug-likeness (QED) is 0.733. The molecule has 0 amide bonds. The molecular weight excluding hydrogens is 234 g/mol. The summed E-state index contributed by atoms with van der Waals surface area (Å²) >= 11 is 0. The van der Waals surface area contributed by atoms with Crippen molar-refractivity contribution in [3.05, 3.63) is 35.4 Å². The Hall–Kier alpha value is -0.860. The van der Waals surface area contributed by atoms with Crippen LogP contribution in [0.15, 0.2) is 24.3 Å². The van der Waals surface area contributed by atoms with Crippen LogP contribution in [-0.2, 0) is 11.2 Å². The van der Waals surface area contributed by atoms with E-state index in [9.17, 15) is 0 Å². The molecule has 0 bridgehead atoms. The molecule has 1 rings (SSSR count). The SMILES string of the molecule is CCCNC(Cc1cccc(C)c1)C(CCC)OC. The summed E-state index contributed by atoms with van der Waals surface area (Å²) in [5, 5.41) is 3.65. The molecule has 0 saturated heterocycles. The fourth-order valence-corrected chi connectivity index (χ4v) is 2.53. The van der Waals surface area contributed by atoms with E-state index in [0.29, 0.717) is 12.1 Å². The average Bonchev–Trinajstić information content (AvgIpc) is 2.41. The Morgan fingerprint density at radius 2 is 2.00 bits per heavy atom. The number of methoxy groups -OCH3 is 1. The number of nitrogens with one attached hydrogen (secondary N) is 1. The molecule has 0 spiro atoms. The first kappa shape index (κ1) is 16.2. The summed E-state index contributed by atoms with van der Waals surface area (Å²) in [4.78, 5) is 0. The van der Waals surface area contributed by atoms with Crippen LogP contribution in [0, 0.1) is 6.92 Å². The zero-order valence-corrected chi connectivity index (χ0v) is 12.9. The van der Waals surface area contributed by atoms with Crippen LogP contribution in [0.25, 0.3) is 0 Å². The minimum atomic E-state index is 0.303. The van der Waals surface area contributed by atoms with E-state index in [2.05, 4.69) is 50.4 Å². The number of rotatable bonds is 9. The van der Waals surface area contributed by atoms with Gasteiger partial charge in [0.15, 0.2) is 0 Å². The van der Waals surface area contributed by atoms with Gasteiger partial charge in [-0.2, -0.15) is 0 Å². The molecule has 2 unspecified atom stereocenters. The van der Waals surface area contributed by atoms with E-state index in [-0.39, 0.29) is 0 Å². The van der Waals surface area contributed by atoms with Crippen LogP contribution in [0.2, 0.25) is 0 Å². The highest BCUT2D eigenvalue weighted by molar-refractivity contribution is 5.23. The first-order chi connectivity index (χ1) is 9.21. The van der Waals surface area contributed by atoms with E-state index in [1.165, 1.54) is 11.1 Å². The maximum absolute atomic E-state index is 5.69. The molecule has 0 radical (unpaired) electrons. The third-order valence-corrected chi connectivity index (χ3v) is 3.52. The van der Waals surface area contributed by atoms with Crippen molar-refractivity contribution in [1.82, 2.24) is 5.32 Å². The molecule has 108 valence electrons. The van der Waals surface area contributed by atoms with Crippen LogP contribution in [0.4, 0.5) is 0 Å². The van der Waals surface area contributed by atoms with Crippen LogP contribution < -0.4 is 5.32 Å². The van der Waals surface area contributed by atoms with Gasteiger partial charge in [-0.3, -0.25) is 0 Å². The fourth-order valence-electron chi connectivity index (χ4n) is 2.53. The third kappa shape index (κ3) is 5.75. The van der Waals surface area contributed by atoms with E-state index in [0.717, 1.165) is 32.2 Å². The lowest BCUT2D eigenvalue weighted by Crippen LogP contribution is -2.43. The summed E-state index contributed by atoms with van der Waals surface area (Å²) < 4.78 is 5.69. The molecule has 1 aromatic carbocycles. The van der Waals surface area contributed by atoms with Gasteiger partial charge in [0, 0.05) is 13.2 Å². The predicted molar refractivity (Wildman–Crippen MR) is 82.7 cm³/mol. The highest BCUT2D eigenvalue weighted by Crippen LogP contribution is 2.14. The van der Waals surface area contributed by atoms with Gasteiger partial charge in [0.05, 0.1) is 6.10 Å². The van der Waals surface area contributed by atoms with Gasteiger partial charge >= 0.3 is 0 Å². The van der Waals surface area contributed by atoms with E-state index >= 15 is 0 Å². The monoisotopic (exact) mass is 263 g/mol. The van der Waals surface area contributed by atoms with Gasteiger partial charge in [-0.25, -0.2) is 0 Å². The Bertz CT molecular complexity index is 351. The molecule has 0 fully saturated rings. The molecule has 2 nitrogen and oxygen atoms in total. The van der Waals surface area contributed by atoms with E-state index in [1.807, 2.05) is 7.11 Å². The van der Waals surface area contributed by atoms with Crippen LogP contribution >= 0.6 is 0 Å². The average molecular weight is 263 g/mol. The predicted octanol–water partition coefficient (Wildman–Crippen LogP) is 3.72. The Morgan fingerprint density at radius 3 is 2.58 bits per heavy atom. The number of ether oxygens (including phenoxy) is 1. The van der Waals surface area contributed by atoms with Crippen molar-refractivity contribution >= 4 is 0 Å². The topological polar surface area (TPSA) is 21.3 Å². The van der Waals surface area contributed by atoms with Crippen molar-refractivity contribution in [2.24, 2.45) is 0 Å². The van der Waals surface area contributed by atoms with Crippen molar-refractivity contribution in [3.8, 4) is 0 Å². The Morgan fingerprint density at radius 1 is 1.21 bits per heavy atom. The molecule has 2 atom stereocenters. The maximum atomic E-state index is 5.69. The van der Waals surface area contributed by atoms with Crippen LogP contribution in [-0.4, -0.2) is 25.8 Å². The Kier molecular flexibility index (Phi) is 7.76. The fraction of sp³-hybridized carbons (Fsp3) is 0.647. The molecule has 0 aromatic heterocycles. The number of benzene rings is 1. The normalized spacial score (nSPS) is 14.3. The van der Waals surface area contributed by atoms with Gasteiger partial charge in [-0.15, -0.1) is 0 Å². The van der Waals surface area contributed by atoms with Crippen LogP contribution in [0.5, 0.6) is 0 Å². The Labute approximate surface area is 118 Å². The molecule has 0 heterocycles. The lowest BCUT2D eigenvalue weighted by Gasteiger charge is -2.27. The number of hydrogen-bond donors (Lipinski definition) is 1. The van der Waals surface area contributed by atoms with Crippen molar-refractivity contribution in [3.63, 3.8) is 0 Å². The van der Waals surface area contributed by atoms with Crippen LogP contribution in [0.3, 0.4) is 0 Å². The molecule has 19 heavy (non-hydrogen) atoms. The van der Waals surface area contributed by atoms with E-state index in [1.54, 1.807) is 0 Å². The molecule has 0 aliphatic heterocycles. The van der Waals surface area contributed by atoms with Gasteiger partial charge in [0.25, 0.3) is 0 Å². The molecule has 0 aliphatic rings. The van der Waals surface area contributed by atoms with Gasteiger partial charge in [-0.05, 0) is 38.3 Å². The highest BCUT2D eigenvalue weighted by Gasteiger charge is 2.20. The largest absolute Gasteiger partial charge is 0.380 e. The third-order valence-electron chi connectivity index (χ3n) is 3.52. The molecule has 1 aromatic rings. The number of hydrogen-bond acceptors (Lipinski definition) is 2. The van der Waals surface area contributed by atoms with Crippen molar-refractivity contribution in [1.29, 1.82) is 0 Å². The maximum Gasteiger partial charge on any atom is 0.0727 e. The first-order valence-corrected chi connectivity index (χ1v) is 7.53. The second kappa shape index (κ2) is 9.11. The van der Waals surface area contributed by atoms with Gasteiger partial charge in [0.2, 0.25) is 0 Å². The van der Waals surface area contributed by atoms with Crippen molar-refractivity contribution < 1.29 is 4.74 Å². The lowest BCUT2D eigenvalue weighted by atomic mass is 9.97. The minimum absolute atomic E-state index is 0.303. The second-order valence-corrected chi connectivity index (χ2v) is 5.32. The van der Waals surface area contributed by atoms with Gasteiger partial charge in [-0.1, -0.05) is 50.1 Å². The van der Waals surface area contributed by atoms with E-state index in [4.69, 9.17) is 4.74 Å². The summed E-state index contributed by atoms with van der Waals surface area (Å²) in [6.07, 6.45) is 4.78. The summed E-state index contributed by atoms with van der Waals surface area (Å²) in [6.45, 7) is 7.63. The van der Waals surface area contributed by atoms with Crippen molar-refractivity contribution in [2.75, 3.05) is 13.7 Å². The van der Waals surface area contributed by atoms with Gasteiger partial charge < -0.3 is 10.1 Å².